The Bertz CT molecular complexity index is 1400. The monoisotopic (exact) mass is 697 g/mol. The van der Waals surface area contributed by atoms with Gasteiger partial charge in [-0.1, -0.05) is 133 Å². The van der Waals surface area contributed by atoms with Crippen molar-refractivity contribution in [3.63, 3.8) is 0 Å². The summed E-state index contributed by atoms with van der Waals surface area (Å²) in [5.74, 6) is -1.67. The first-order chi connectivity index (χ1) is 24.2. The van der Waals surface area contributed by atoms with Crippen LogP contribution in [-0.4, -0.2) is 38.5 Å². The minimum absolute atomic E-state index is 0.276. The van der Waals surface area contributed by atoms with Gasteiger partial charge in [0.1, 0.15) is 11.5 Å². The summed E-state index contributed by atoms with van der Waals surface area (Å²) in [5, 5.41) is 0. The Morgan fingerprint density at radius 1 is 0.680 bits per heavy atom. The zero-order valence-corrected chi connectivity index (χ0v) is 29.8. The number of benzene rings is 3. The summed E-state index contributed by atoms with van der Waals surface area (Å²) < 4.78 is 53.2. The molecule has 0 unspecified atom stereocenters. The van der Waals surface area contributed by atoms with Crippen LogP contribution in [0.3, 0.4) is 0 Å². The fraction of sp³-hybridized carbons (Fsp3) is 0.512. The summed E-state index contributed by atoms with van der Waals surface area (Å²) in [6, 6.07) is 20.9. The zero-order valence-electron chi connectivity index (χ0n) is 29.8. The minimum Gasteiger partial charge on any atom is -0.491 e. The summed E-state index contributed by atoms with van der Waals surface area (Å²) in [6.45, 7) is 2.94. The largest absolute Gasteiger partial charge is 0.573 e. The Morgan fingerprint density at radius 3 is 1.84 bits per heavy atom. The van der Waals surface area contributed by atoms with Gasteiger partial charge < -0.3 is 14.2 Å². The van der Waals surface area contributed by atoms with Crippen LogP contribution in [0.5, 0.6) is 11.5 Å². The van der Waals surface area contributed by atoms with Crippen LogP contribution in [0.2, 0.25) is 0 Å². The predicted octanol–water partition coefficient (Wildman–Crippen LogP) is 11.3. The summed E-state index contributed by atoms with van der Waals surface area (Å²) in [7, 11) is 1.18. The molecule has 0 saturated carbocycles. The van der Waals surface area contributed by atoms with Gasteiger partial charge in [-0.3, -0.25) is 9.69 Å². The van der Waals surface area contributed by atoms with Crippen LogP contribution in [0.15, 0.2) is 72.8 Å². The highest BCUT2D eigenvalue weighted by Crippen LogP contribution is 2.35. The SMILES string of the molecule is CCCCCCCCCCCCCCCOc1cc(-c2ccc(OC(F)(F)F)cc2)ccc1N(CCCCc1ccccc1)C(=O)C(=O)OC. The van der Waals surface area contributed by atoms with Crippen molar-refractivity contribution in [2.75, 3.05) is 25.2 Å². The second-order valence-electron chi connectivity index (χ2n) is 12.7. The molecule has 0 bridgehead atoms. The third-order valence-corrected chi connectivity index (χ3v) is 8.72. The van der Waals surface area contributed by atoms with Gasteiger partial charge in [0.05, 0.1) is 19.4 Å². The number of hydrogen-bond donors (Lipinski definition) is 0. The van der Waals surface area contributed by atoms with E-state index in [1.165, 1.54) is 106 Å². The van der Waals surface area contributed by atoms with Gasteiger partial charge in [-0.15, -0.1) is 13.2 Å². The number of unbranched alkanes of at least 4 members (excludes halogenated alkanes) is 13. The van der Waals surface area contributed by atoms with E-state index in [1.54, 1.807) is 18.2 Å². The normalized spacial score (nSPS) is 11.3. The van der Waals surface area contributed by atoms with E-state index >= 15 is 0 Å². The van der Waals surface area contributed by atoms with Gasteiger partial charge in [-0.25, -0.2) is 4.79 Å². The topological polar surface area (TPSA) is 65.1 Å². The molecule has 0 saturated heterocycles. The molecule has 9 heteroatoms. The van der Waals surface area contributed by atoms with Crippen molar-refractivity contribution in [2.45, 2.75) is 116 Å². The molecule has 3 aromatic rings. The van der Waals surface area contributed by atoms with Crippen molar-refractivity contribution in [2.24, 2.45) is 0 Å². The Morgan fingerprint density at radius 2 is 1.26 bits per heavy atom. The van der Waals surface area contributed by atoms with E-state index in [9.17, 15) is 22.8 Å². The summed E-state index contributed by atoms with van der Waals surface area (Å²) >= 11 is 0. The Kier molecular flexibility index (Phi) is 18.3. The summed E-state index contributed by atoms with van der Waals surface area (Å²) in [4.78, 5) is 27.2. The van der Waals surface area contributed by atoms with Gasteiger partial charge in [0.2, 0.25) is 0 Å². The Balaban J connectivity index is 1.66. The fourth-order valence-electron chi connectivity index (χ4n) is 5.96. The molecule has 0 heterocycles. The number of carbonyl (C=O) groups is 2. The first-order valence-electron chi connectivity index (χ1n) is 18.3. The number of amides is 1. The van der Waals surface area contributed by atoms with Crippen LogP contribution in [0.25, 0.3) is 11.1 Å². The van der Waals surface area contributed by atoms with Crippen molar-refractivity contribution in [3.8, 4) is 22.6 Å². The van der Waals surface area contributed by atoms with Crippen molar-refractivity contribution < 1.29 is 37.0 Å². The van der Waals surface area contributed by atoms with E-state index in [0.717, 1.165) is 32.1 Å². The van der Waals surface area contributed by atoms with Crippen molar-refractivity contribution in [1.29, 1.82) is 0 Å². The molecule has 6 nitrogen and oxygen atoms in total. The number of aryl methyl sites for hydroxylation is 1. The molecule has 0 aliphatic carbocycles. The van der Waals surface area contributed by atoms with Crippen molar-refractivity contribution in [1.82, 2.24) is 0 Å². The second kappa shape index (κ2) is 22.7. The number of methoxy groups -OCH3 is 1. The molecule has 3 aromatic carbocycles. The van der Waals surface area contributed by atoms with Crippen LogP contribution in [0.4, 0.5) is 18.9 Å². The lowest BCUT2D eigenvalue weighted by Crippen LogP contribution is -2.38. The number of anilines is 1. The third-order valence-electron chi connectivity index (χ3n) is 8.72. The molecule has 50 heavy (non-hydrogen) atoms. The average molecular weight is 698 g/mol. The number of halogens is 3. The number of ether oxygens (including phenoxy) is 3. The number of hydrogen-bond acceptors (Lipinski definition) is 5. The first kappa shape index (κ1) is 40.4. The number of esters is 1. The van der Waals surface area contributed by atoms with E-state index in [4.69, 9.17) is 9.47 Å². The number of nitrogens with zero attached hydrogens (tertiary/aromatic N) is 1. The van der Waals surface area contributed by atoms with Crippen LogP contribution in [-0.2, 0) is 20.7 Å². The molecule has 0 aliphatic rings. The highest BCUT2D eigenvalue weighted by Gasteiger charge is 2.31. The predicted molar refractivity (Wildman–Crippen MR) is 193 cm³/mol. The van der Waals surface area contributed by atoms with E-state index in [-0.39, 0.29) is 12.3 Å². The average Bonchev–Trinajstić information content (AvgIpc) is 3.11. The smallest absolute Gasteiger partial charge is 0.491 e. The molecule has 0 radical (unpaired) electrons. The Hall–Kier alpha value is -4.01. The van der Waals surface area contributed by atoms with Crippen LogP contribution in [0, 0.1) is 0 Å². The molecule has 3 rings (SSSR count). The van der Waals surface area contributed by atoms with Crippen LogP contribution >= 0.6 is 0 Å². The van der Waals surface area contributed by atoms with Gasteiger partial charge in [-0.2, -0.15) is 0 Å². The maximum atomic E-state index is 13.3. The molecule has 1 amide bonds. The number of alkyl halides is 3. The zero-order chi connectivity index (χ0) is 36.0. The molecular weight excluding hydrogens is 643 g/mol. The number of rotatable bonds is 23. The molecule has 0 aliphatic heterocycles. The molecule has 0 atom stereocenters. The molecule has 274 valence electrons. The quantitative estimate of drug-likeness (QED) is 0.0561. The molecule has 0 spiro atoms. The molecule has 0 aromatic heterocycles. The lowest BCUT2D eigenvalue weighted by Gasteiger charge is -2.25. The highest BCUT2D eigenvalue weighted by molar-refractivity contribution is 6.38. The van der Waals surface area contributed by atoms with Gasteiger partial charge >= 0.3 is 18.2 Å². The lowest BCUT2D eigenvalue weighted by atomic mass is 10.0. The second-order valence-corrected chi connectivity index (χ2v) is 12.7. The van der Waals surface area contributed by atoms with Gasteiger partial charge in [-0.05, 0) is 66.6 Å². The van der Waals surface area contributed by atoms with E-state index in [2.05, 4.69) is 23.8 Å². The molecule has 0 fully saturated rings. The molecular formula is C41H54F3NO5. The molecule has 0 N–H and O–H groups in total. The van der Waals surface area contributed by atoms with Crippen LogP contribution < -0.4 is 14.4 Å². The van der Waals surface area contributed by atoms with E-state index < -0.39 is 18.2 Å². The van der Waals surface area contributed by atoms with Gasteiger partial charge in [0.25, 0.3) is 0 Å². The summed E-state index contributed by atoms with van der Waals surface area (Å²) in [5.41, 5.74) is 2.96. The standard InChI is InChI=1S/C41H54F3NO5/c1-3-4-5-6-7-8-9-10-11-12-13-14-20-31-49-38-32-35(34-24-27-36(28-25-34)50-41(42,43)44)26-29-37(38)45(39(46)40(47)48-2)30-19-18-23-33-21-16-15-17-22-33/h15-17,21-22,24-29,32H,3-14,18-20,23,30-31H2,1-2H3. The Labute approximate surface area is 296 Å². The number of carbonyl (C=O) groups excluding carboxylic acids is 2. The van der Waals surface area contributed by atoms with E-state index in [1.807, 2.05) is 18.2 Å². The van der Waals surface area contributed by atoms with Gasteiger partial charge in [0, 0.05) is 6.54 Å². The highest BCUT2D eigenvalue weighted by atomic mass is 19.4. The fourth-order valence-corrected chi connectivity index (χ4v) is 5.96. The van der Waals surface area contributed by atoms with E-state index in [0.29, 0.717) is 35.6 Å². The van der Waals surface area contributed by atoms with Gasteiger partial charge in [0.15, 0.2) is 0 Å². The summed E-state index contributed by atoms with van der Waals surface area (Å²) in [6.07, 6.45) is 13.4. The van der Waals surface area contributed by atoms with Crippen molar-refractivity contribution >= 4 is 17.6 Å². The first-order valence-corrected chi connectivity index (χ1v) is 18.3. The lowest BCUT2D eigenvalue weighted by molar-refractivity contribution is -0.274. The maximum absolute atomic E-state index is 13.3. The van der Waals surface area contributed by atoms with Crippen molar-refractivity contribution in [3.05, 3.63) is 78.4 Å². The minimum atomic E-state index is -4.78. The van der Waals surface area contributed by atoms with Crippen LogP contribution in [0.1, 0.15) is 109 Å². The third kappa shape index (κ3) is 15.3. The maximum Gasteiger partial charge on any atom is 0.573 e.